The molecule has 4 rings (SSSR count). The maximum absolute atomic E-state index is 13.5. The first-order chi connectivity index (χ1) is 12.4. The van der Waals surface area contributed by atoms with Crippen molar-refractivity contribution in [3.8, 4) is 17.5 Å². The lowest BCUT2D eigenvalue weighted by molar-refractivity contribution is -0.0446. The van der Waals surface area contributed by atoms with Gasteiger partial charge in [0.15, 0.2) is 5.65 Å². The zero-order chi connectivity index (χ0) is 18.3. The lowest BCUT2D eigenvalue weighted by Gasteiger charge is -2.28. The van der Waals surface area contributed by atoms with Crippen LogP contribution in [0.15, 0.2) is 24.7 Å². The Morgan fingerprint density at radius 3 is 2.73 bits per heavy atom. The van der Waals surface area contributed by atoms with Crippen LogP contribution in [-0.4, -0.2) is 35.8 Å². The molecule has 0 aliphatic heterocycles. The molecule has 1 aliphatic carbocycles. The van der Waals surface area contributed by atoms with Crippen LogP contribution in [0.25, 0.3) is 11.0 Å². The molecular weight excluding hydrogens is 346 g/mol. The lowest BCUT2D eigenvalue weighted by atomic mass is 9.92. The van der Waals surface area contributed by atoms with E-state index in [1.807, 2.05) is 0 Å². The predicted molar refractivity (Wildman–Crippen MR) is 88.2 cm³/mol. The Labute approximate surface area is 146 Å². The molecule has 0 aromatic carbocycles. The van der Waals surface area contributed by atoms with Gasteiger partial charge in [-0.15, -0.1) is 5.10 Å². The Morgan fingerprint density at radius 1 is 1.23 bits per heavy atom. The first-order valence-electron chi connectivity index (χ1n) is 8.12. The van der Waals surface area contributed by atoms with Crippen LogP contribution in [0.4, 0.5) is 14.6 Å². The van der Waals surface area contributed by atoms with Gasteiger partial charge in [0.25, 0.3) is 5.88 Å². The zero-order valence-corrected chi connectivity index (χ0v) is 13.6. The van der Waals surface area contributed by atoms with Crippen molar-refractivity contribution in [2.75, 3.05) is 5.73 Å². The van der Waals surface area contributed by atoms with Gasteiger partial charge >= 0.3 is 0 Å². The van der Waals surface area contributed by atoms with Crippen molar-refractivity contribution >= 4 is 16.9 Å². The fraction of sp³-hybridized carbons (Fsp3) is 0.375. The Kier molecular flexibility index (Phi) is 3.82. The van der Waals surface area contributed by atoms with Gasteiger partial charge in [-0.25, -0.2) is 28.4 Å². The summed E-state index contributed by atoms with van der Waals surface area (Å²) in [5.74, 6) is -2.25. The molecule has 0 saturated heterocycles. The highest BCUT2D eigenvalue weighted by Gasteiger charge is 2.37. The van der Waals surface area contributed by atoms with Crippen molar-refractivity contribution in [1.29, 1.82) is 0 Å². The SMILES string of the molecule is Nc1ncnc2c1c(Oc1cc(O)ccn1)nn2C1CCC(F)(F)CC1. The molecular formula is C16H16F2N6O2. The number of halogens is 2. The van der Waals surface area contributed by atoms with E-state index in [-0.39, 0.29) is 55.1 Å². The monoisotopic (exact) mass is 362 g/mol. The normalized spacial score (nSPS) is 17.5. The lowest BCUT2D eigenvalue weighted by Crippen LogP contribution is -2.26. The number of pyridine rings is 1. The van der Waals surface area contributed by atoms with Gasteiger partial charge in [0.1, 0.15) is 23.3 Å². The summed E-state index contributed by atoms with van der Waals surface area (Å²) < 4.78 is 34.2. The highest BCUT2D eigenvalue weighted by Crippen LogP contribution is 2.41. The highest BCUT2D eigenvalue weighted by molar-refractivity contribution is 5.90. The minimum atomic E-state index is -2.64. The molecule has 136 valence electrons. The van der Waals surface area contributed by atoms with Gasteiger partial charge in [0, 0.05) is 25.1 Å². The van der Waals surface area contributed by atoms with Gasteiger partial charge in [-0.2, -0.15) is 0 Å². The molecule has 3 aromatic rings. The molecule has 3 heterocycles. The Balaban J connectivity index is 1.74. The van der Waals surface area contributed by atoms with Crippen LogP contribution in [0, 0.1) is 0 Å². The molecule has 1 aliphatic rings. The molecule has 26 heavy (non-hydrogen) atoms. The van der Waals surface area contributed by atoms with Crippen LogP contribution in [-0.2, 0) is 0 Å². The molecule has 3 aromatic heterocycles. The van der Waals surface area contributed by atoms with Crippen LogP contribution in [0.5, 0.6) is 17.5 Å². The van der Waals surface area contributed by atoms with E-state index >= 15 is 0 Å². The van der Waals surface area contributed by atoms with Crippen molar-refractivity contribution < 1.29 is 18.6 Å². The van der Waals surface area contributed by atoms with Crippen LogP contribution < -0.4 is 10.5 Å². The van der Waals surface area contributed by atoms with Crippen LogP contribution in [0.1, 0.15) is 31.7 Å². The number of hydrogen-bond donors (Lipinski definition) is 2. The van der Waals surface area contributed by atoms with Crippen LogP contribution >= 0.6 is 0 Å². The zero-order valence-electron chi connectivity index (χ0n) is 13.6. The summed E-state index contributed by atoms with van der Waals surface area (Å²) in [4.78, 5) is 12.2. The molecule has 0 bridgehead atoms. The van der Waals surface area contributed by atoms with Crippen molar-refractivity contribution in [2.45, 2.75) is 37.6 Å². The van der Waals surface area contributed by atoms with E-state index < -0.39 is 5.92 Å². The predicted octanol–water partition coefficient (Wildman–Crippen LogP) is 3.05. The van der Waals surface area contributed by atoms with E-state index in [1.165, 1.54) is 24.7 Å². The second kappa shape index (κ2) is 6.04. The van der Waals surface area contributed by atoms with Gasteiger partial charge in [-0.05, 0) is 18.9 Å². The molecule has 0 amide bonds. The molecule has 1 fully saturated rings. The van der Waals surface area contributed by atoms with E-state index in [1.54, 1.807) is 4.68 Å². The highest BCUT2D eigenvalue weighted by atomic mass is 19.3. The first kappa shape index (κ1) is 16.4. The van der Waals surface area contributed by atoms with E-state index in [0.29, 0.717) is 11.0 Å². The molecule has 0 spiro atoms. The third-order valence-corrected chi connectivity index (χ3v) is 4.44. The van der Waals surface area contributed by atoms with Gasteiger partial charge < -0.3 is 15.6 Å². The van der Waals surface area contributed by atoms with Crippen LogP contribution in [0.3, 0.4) is 0 Å². The first-order valence-corrected chi connectivity index (χ1v) is 8.12. The molecule has 1 saturated carbocycles. The molecule has 0 unspecified atom stereocenters. The minimum absolute atomic E-state index is 0.0162. The molecule has 10 heteroatoms. The largest absolute Gasteiger partial charge is 0.508 e. The topological polar surface area (TPSA) is 112 Å². The Morgan fingerprint density at radius 2 is 2.00 bits per heavy atom. The van der Waals surface area contributed by atoms with E-state index in [2.05, 4.69) is 20.1 Å². The number of nitrogens with two attached hydrogens (primary N) is 1. The number of aromatic hydroxyl groups is 1. The number of nitrogen functional groups attached to an aromatic ring is 1. The van der Waals surface area contributed by atoms with Gasteiger partial charge in [0.2, 0.25) is 11.8 Å². The number of nitrogens with zero attached hydrogens (tertiary/aromatic N) is 5. The molecule has 0 atom stereocenters. The second-order valence-corrected chi connectivity index (χ2v) is 6.25. The summed E-state index contributed by atoms with van der Waals surface area (Å²) in [6.07, 6.45) is 2.82. The molecule has 3 N–H and O–H groups in total. The number of anilines is 1. The minimum Gasteiger partial charge on any atom is -0.508 e. The fourth-order valence-electron chi connectivity index (χ4n) is 3.11. The summed E-state index contributed by atoms with van der Waals surface area (Å²) in [6.45, 7) is 0. The van der Waals surface area contributed by atoms with Crippen molar-refractivity contribution in [1.82, 2.24) is 24.7 Å². The maximum atomic E-state index is 13.5. The smallest absolute Gasteiger partial charge is 0.253 e. The third-order valence-electron chi connectivity index (χ3n) is 4.44. The fourth-order valence-corrected chi connectivity index (χ4v) is 3.11. The molecule has 0 radical (unpaired) electrons. The number of aromatic nitrogens is 5. The van der Waals surface area contributed by atoms with Crippen molar-refractivity contribution in [3.05, 3.63) is 24.7 Å². The summed E-state index contributed by atoms with van der Waals surface area (Å²) in [6, 6.07) is 2.50. The molecule has 8 nitrogen and oxygen atoms in total. The standard InChI is InChI=1S/C16H16F2N6O2/c17-16(18)4-1-9(2-5-16)24-14-12(13(19)21-8-22-14)15(23-24)26-11-7-10(25)3-6-20-11/h3,6-9H,1-2,4-5H2,(H,20,25)(H2,19,21,22). The van der Waals surface area contributed by atoms with Gasteiger partial charge in [-0.3, -0.25) is 0 Å². The van der Waals surface area contributed by atoms with Crippen molar-refractivity contribution in [2.24, 2.45) is 0 Å². The maximum Gasteiger partial charge on any atom is 0.253 e. The summed E-state index contributed by atoms with van der Waals surface area (Å²) >= 11 is 0. The average molecular weight is 362 g/mol. The Hall–Kier alpha value is -3.04. The van der Waals surface area contributed by atoms with E-state index in [4.69, 9.17) is 10.5 Å². The van der Waals surface area contributed by atoms with Crippen molar-refractivity contribution in [3.63, 3.8) is 0 Å². The number of alkyl halides is 2. The van der Waals surface area contributed by atoms with E-state index in [9.17, 15) is 13.9 Å². The second-order valence-electron chi connectivity index (χ2n) is 6.25. The Bertz CT molecular complexity index is 951. The third kappa shape index (κ3) is 2.98. The van der Waals surface area contributed by atoms with Gasteiger partial charge in [0.05, 0.1) is 6.04 Å². The number of ether oxygens (including phenoxy) is 1. The van der Waals surface area contributed by atoms with E-state index in [0.717, 1.165) is 0 Å². The van der Waals surface area contributed by atoms with Crippen LogP contribution in [0.2, 0.25) is 0 Å². The number of hydrogen-bond acceptors (Lipinski definition) is 7. The summed E-state index contributed by atoms with van der Waals surface area (Å²) in [7, 11) is 0. The average Bonchev–Trinajstić information content (AvgIpc) is 2.95. The van der Waals surface area contributed by atoms with Gasteiger partial charge in [-0.1, -0.05) is 0 Å². The summed E-state index contributed by atoms with van der Waals surface area (Å²) in [5, 5.41) is 14.3. The number of rotatable bonds is 3. The number of fused-ring (bicyclic) bond motifs is 1. The summed E-state index contributed by atoms with van der Waals surface area (Å²) in [5.41, 5.74) is 6.37. The quantitative estimate of drug-likeness (QED) is 0.736.